The van der Waals surface area contributed by atoms with Gasteiger partial charge in [0.1, 0.15) is 16.4 Å². The number of nitrogens with zero attached hydrogens (tertiary/aromatic N) is 4. The standard InChI is InChI=1S/C26H26FN5O2S2/c1-14-23(36-15(2)28-14)26(34)31-8-5-16(6-9-31)24-30-22(13-35-24)25(33)32-10-7-21-19(12-32)18-11-17(27)3-4-20(18)29-21/h3-4,11,13,16,29H,5-10,12H2,1-2H3. The zero-order valence-corrected chi connectivity index (χ0v) is 21.8. The summed E-state index contributed by atoms with van der Waals surface area (Å²) in [6.45, 7) is 6.21. The summed E-state index contributed by atoms with van der Waals surface area (Å²) in [6.07, 6.45) is 2.37. The van der Waals surface area contributed by atoms with E-state index in [4.69, 9.17) is 4.98 Å². The lowest BCUT2D eigenvalue weighted by Crippen LogP contribution is -2.38. The smallest absolute Gasteiger partial charge is 0.273 e. The molecule has 1 fully saturated rings. The molecule has 0 aliphatic carbocycles. The maximum Gasteiger partial charge on any atom is 0.273 e. The highest BCUT2D eigenvalue weighted by Crippen LogP contribution is 2.33. The van der Waals surface area contributed by atoms with Crippen LogP contribution < -0.4 is 0 Å². The molecule has 36 heavy (non-hydrogen) atoms. The minimum absolute atomic E-state index is 0.0631. The van der Waals surface area contributed by atoms with E-state index in [-0.39, 0.29) is 23.5 Å². The van der Waals surface area contributed by atoms with Crippen LogP contribution in [0.4, 0.5) is 4.39 Å². The van der Waals surface area contributed by atoms with Crippen LogP contribution in [0.1, 0.15) is 65.9 Å². The normalized spacial score (nSPS) is 16.5. The lowest BCUT2D eigenvalue weighted by Gasteiger charge is -2.31. The third-order valence-corrected chi connectivity index (χ3v) is 9.26. The predicted molar refractivity (Wildman–Crippen MR) is 138 cm³/mol. The first-order valence-corrected chi connectivity index (χ1v) is 13.8. The molecule has 2 aliphatic rings. The van der Waals surface area contributed by atoms with Gasteiger partial charge in [-0.2, -0.15) is 0 Å². The summed E-state index contributed by atoms with van der Waals surface area (Å²) in [7, 11) is 0. The molecule has 0 atom stereocenters. The van der Waals surface area contributed by atoms with E-state index in [1.807, 2.05) is 24.1 Å². The molecule has 4 aromatic rings. The molecule has 2 aliphatic heterocycles. The summed E-state index contributed by atoms with van der Waals surface area (Å²) in [6, 6.07) is 4.74. The maximum atomic E-state index is 13.8. The highest BCUT2D eigenvalue weighted by atomic mass is 32.1. The largest absolute Gasteiger partial charge is 0.358 e. The monoisotopic (exact) mass is 523 g/mol. The van der Waals surface area contributed by atoms with Crippen molar-refractivity contribution in [3.63, 3.8) is 0 Å². The molecule has 0 spiro atoms. The van der Waals surface area contributed by atoms with Crippen LogP contribution in [0.25, 0.3) is 10.9 Å². The van der Waals surface area contributed by atoms with Gasteiger partial charge in [-0.3, -0.25) is 9.59 Å². The topological polar surface area (TPSA) is 82.2 Å². The number of rotatable bonds is 3. The molecule has 1 aromatic carbocycles. The Morgan fingerprint density at radius 1 is 1.08 bits per heavy atom. The van der Waals surface area contributed by atoms with Gasteiger partial charge in [0, 0.05) is 66.1 Å². The molecular formula is C26H26FN5O2S2. The molecule has 186 valence electrons. The van der Waals surface area contributed by atoms with E-state index in [0.29, 0.717) is 38.3 Å². The molecule has 0 bridgehead atoms. The van der Waals surface area contributed by atoms with Crippen molar-refractivity contribution in [3.8, 4) is 0 Å². The number of carbonyl (C=O) groups is 2. The van der Waals surface area contributed by atoms with Gasteiger partial charge in [-0.25, -0.2) is 14.4 Å². The number of carbonyl (C=O) groups excluding carboxylic acids is 2. The highest BCUT2D eigenvalue weighted by Gasteiger charge is 2.30. The van der Waals surface area contributed by atoms with E-state index < -0.39 is 0 Å². The van der Waals surface area contributed by atoms with Gasteiger partial charge in [0.15, 0.2) is 0 Å². The Morgan fingerprint density at radius 3 is 2.64 bits per heavy atom. The number of amides is 2. The number of piperidine rings is 1. The second kappa shape index (κ2) is 9.08. The number of halogens is 1. The van der Waals surface area contributed by atoms with Gasteiger partial charge in [0.2, 0.25) is 0 Å². The summed E-state index contributed by atoms with van der Waals surface area (Å²) in [4.78, 5) is 43.1. The SMILES string of the molecule is Cc1nc(C)c(C(=O)N2CCC(c3nc(C(=O)N4CCc5[nH]c6ccc(F)cc6c5C4)cs3)CC2)s1. The lowest BCUT2D eigenvalue weighted by atomic mass is 9.97. The molecule has 0 saturated carbocycles. The first kappa shape index (κ1) is 23.3. The number of aromatic amines is 1. The van der Waals surface area contributed by atoms with E-state index in [2.05, 4.69) is 9.97 Å². The van der Waals surface area contributed by atoms with Crippen LogP contribution in [0.5, 0.6) is 0 Å². The molecular weight excluding hydrogens is 497 g/mol. The third kappa shape index (κ3) is 4.12. The van der Waals surface area contributed by atoms with Gasteiger partial charge < -0.3 is 14.8 Å². The van der Waals surface area contributed by atoms with E-state index in [0.717, 1.165) is 55.6 Å². The number of benzene rings is 1. The number of fused-ring (bicyclic) bond motifs is 3. The van der Waals surface area contributed by atoms with Gasteiger partial charge in [-0.15, -0.1) is 22.7 Å². The Balaban J connectivity index is 1.12. The van der Waals surface area contributed by atoms with Crippen molar-refractivity contribution in [2.75, 3.05) is 19.6 Å². The fourth-order valence-electron chi connectivity index (χ4n) is 5.30. The van der Waals surface area contributed by atoms with Crippen LogP contribution >= 0.6 is 22.7 Å². The number of aryl methyl sites for hydroxylation is 2. The molecule has 2 amide bonds. The maximum absolute atomic E-state index is 13.8. The first-order chi connectivity index (χ1) is 17.4. The van der Waals surface area contributed by atoms with Gasteiger partial charge in [0.05, 0.1) is 15.7 Å². The zero-order chi connectivity index (χ0) is 25.0. The number of thiazole rings is 2. The highest BCUT2D eigenvalue weighted by molar-refractivity contribution is 7.13. The number of hydrogen-bond acceptors (Lipinski definition) is 6. The van der Waals surface area contributed by atoms with Crippen LogP contribution in [0, 0.1) is 19.7 Å². The average molecular weight is 524 g/mol. The molecule has 1 N–H and O–H groups in total. The van der Waals surface area contributed by atoms with Crippen molar-refractivity contribution in [2.24, 2.45) is 0 Å². The number of hydrogen-bond donors (Lipinski definition) is 1. The summed E-state index contributed by atoms with van der Waals surface area (Å²) in [5, 5.41) is 4.56. The van der Waals surface area contributed by atoms with Crippen molar-refractivity contribution < 1.29 is 14.0 Å². The minimum Gasteiger partial charge on any atom is -0.358 e. The van der Waals surface area contributed by atoms with E-state index in [9.17, 15) is 14.0 Å². The first-order valence-electron chi connectivity index (χ1n) is 12.1. The Kier molecular flexibility index (Phi) is 5.88. The minimum atomic E-state index is -0.276. The quantitative estimate of drug-likeness (QED) is 0.407. The summed E-state index contributed by atoms with van der Waals surface area (Å²) in [5.74, 6) is -0.0536. The average Bonchev–Trinajstić information content (AvgIpc) is 3.59. The van der Waals surface area contributed by atoms with Crippen molar-refractivity contribution in [1.29, 1.82) is 0 Å². The van der Waals surface area contributed by atoms with Crippen LogP contribution in [0.2, 0.25) is 0 Å². The van der Waals surface area contributed by atoms with Crippen LogP contribution in [-0.4, -0.2) is 56.2 Å². The lowest BCUT2D eigenvalue weighted by molar-refractivity contribution is 0.0716. The molecule has 3 aromatic heterocycles. The molecule has 5 heterocycles. The van der Waals surface area contributed by atoms with Crippen molar-refractivity contribution >= 4 is 45.4 Å². The Bertz CT molecular complexity index is 1480. The van der Waals surface area contributed by atoms with Crippen molar-refractivity contribution in [2.45, 2.75) is 45.6 Å². The van der Waals surface area contributed by atoms with Crippen molar-refractivity contribution in [1.82, 2.24) is 24.8 Å². The van der Waals surface area contributed by atoms with Gasteiger partial charge in [-0.1, -0.05) is 0 Å². The zero-order valence-electron chi connectivity index (χ0n) is 20.1. The van der Waals surface area contributed by atoms with E-state index in [1.165, 1.54) is 34.8 Å². The van der Waals surface area contributed by atoms with Crippen LogP contribution in [-0.2, 0) is 13.0 Å². The Labute approximate surface area is 216 Å². The molecule has 10 heteroatoms. The molecule has 1 saturated heterocycles. The van der Waals surface area contributed by atoms with E-state index in [1.54, 1.807) is 11.0 Å². The summed E-state index contributed by atoms with van der Waals surface area (Å²) >= 11 is 2.98. The third-order valence-electron chi connectivity index (χ3n) is 7.19. The molecule has 0 radical (unpaired) electrons. The van der Waals surface area contributed by atoms with Gasteiger partial charge in [0.25, 0.3) is 11.8 Å². The second-order valence-corrected chi connectivity index (χ2v) is 11.6. The predicted octanol–water partition coefficient (Wildman–Crippen LogP) is 5.06. The summed E-state index contributed by atoms with van der Waals surface area (Å²) in [5.41, 5.74) is 4.23. The molecule has 6 rings (SSSR count). The van der Waals surface area contributed by atoms with Crippen LogP contribution in [0.15, 0.2) is 23.6 Å². The molecule has 7 nitrogen and oxygen atoms in total. The summed E-state index contributed by atoms with van der Waals surface area (Å²) < 4.78 is 13.8. The second-order valence-electron chi connectivity index (χ2n) is 9.53. The number of nitrogens with one attached hydrogen (secondary N) is 1. The van der Waals surface area contributed by atoms with E-state index >= 15 is 0 Å². The number of H-pyrrole nitrogens is 1. The van der Waals surface area contributed by atoms with Crippen LogP contribution in [0.3, 0.4) is 0 Å². The number of aromatic nitrogens is 3. The Morgan fingerprint density at radius 2 is 1.89 bits per heavy atom. The Hall–Kier alpha value is -3.11. The fraction of sp³-hybridized carbons (Fsp3) is 0.385. The molecule has 0 unspecified atom stereocenters. The van der Waals surface area contributed by atoms with Crippen molar-refractivity contribution in [3.05, 3.63) is 66.9 Å². The fourth-order valence-corrected chi connectivity index (χ4v) is 7.15. The number of likely N-dealkylation sites (tertiary alicyclic amines) is 1. The van der Waals surface area contributed by atoms with Gasteiger partial charge in [-0.05, 0) is 44.9 Å². The van der Waals surface area contributed by atoms with Gasteiger partial charge >= 0.3 is 0 Å².